The summed E-state index contributed by atoms with van der Waals surface area (Å²) < 4.78 is 15.2. The molecule has 0 unspecified atom stereocenters. The van der Waals surface area contributed by atoms with Crippen LogP contribution in [0.25, 0.3) is 0 Å². The first-order valence-electron chi connectivity index (χ1n) is 8.37. The lowest BCUT2D eigenvalue weighted by Crippen LogP contribution is -2.41. The van der Waals surface area contributed by atoms with E-state index < -0.39 is 0 Å². The fourth-order valence-corrected chi connectivity index (χ4v) is 2.95. The summed E-state index contributed by atoms with van der Waals surface area (Å²) in [5, 5.41) is 2.98. The van der Waals surface area contributed by atoms with Gasteiger partial charge in [-0.3, -0.25) is 4.79 Å². The second kappa shape index (κ2) is 9.15. The highest BCUT2D eigenvalue weighted by Gasteiger charge is 2.23. The van der Waals surface area contributed by atoms with Gasteiger partial charge in [0.05, 0.1) is 27.8 Å². The number of benzene rings is 1. The topological polar surface area (TPSA) is 77.1 Å². The standard InChI is InChI=1S/C18H26N2O5/c1-23-15-5-4-14(10-16(15)24-2)11-17(21)19-12-13-6-8-20(9-7-13)18(22)25-3/h4-5,10,13H,6-9,11-12H2,1-3H3,(H,19,21). The predicted octanol–water partition coefficient (Wildman–Crippen LogP) is 1.84. The van der Waals surface area contributed by atoms with Crippen LogP contribution < -0.4 is 14.8 Å². The van der Waals surface area contributed by atoms with E-state index in [0.29, 0.717) is 43.5 Å². The van der Waals surface area contributed by atoms with Crippen molar-refractivity contribution < 1.29 is 23.8 Å². The zero-order valence-electron chi connectivity index (χ0n) is 15.0. The summed E-state index contributed by atoms with van der Waals surface area (Å²) in [6.07, 6.45) is 1.75. The fraction of sp³-hybridized carbons (Fsp3) is 0.556. The minimum Gasteiger partial charge on any atom is -0.493 e. The van der Waals surface area contributed by atoms with Crippen LogP contribution in [-0.2, 0) is 16.0 Å². The summed E-state index contributed by atoms with van der Waals surface area (Å²) in [7, 11) is 4.54. The maximum absolute atomic E-state index is 12.2. The van der Waals surface area contributed by atoms with Gasteiger partial charge < -0.3 is 24.4 Å². The number of ether oxygens (including phenoxy) is 3. The van der Waals surface area contributed by atoms with Gasteiger partial charge in [-0.25, -0.2) is 4.79 Å². The Bertz CT molecular complexity index is 597. The minimum absolute atomic E-state index is 0.0254. The third-order valence-corrected chi connectivity index (χ3v) is 4.45. The molecule has 0 saturated carbocycles. The van der Waals surface area contributed by atoms with Crippen molar-refractivity contribution in [3.8, 4) is 11.5 Å². The molecule has 1 aromatic carbocycles. The molecule has 0 atom stereocenters. The van der Waals surface area contributed by atoms with Gasteiger partial charge in [0.1, 0.15) is 0 Å². The lowest BCUT2D eigenvalue weighted by atomic mass is 9.97. The first kappa shape index (κ1) is 18.9. The highest BCUT2D eigenvalue weighted by atomic mass is 16.5. The van der Waals surface area contributed by atoms with E-state index in [4.69, 9.17) is 14.2 Å². The van der Waals surface area contributed by atoms with E-state index in [1.807, 2.05) is 12.1 Å². The van der Waals surface area contributed by atoms with Gasteiger partial charge in [0.15, 0.2) is 11.5 Å². The zero-order valence-corrected chi connectivity index (χ0v) is 15.0. The molecule has 0 bridgehead atoms. The molecule has 1 N–H and O–H groups in total. The molecule has 7 heteroatoms. The molecule has 0 aliphatic carbocycles. The van der Waals surface area contributed by atoms with Crippen LogP contribution in [0.3, 0.4) is 0 Å². The third-order valence-electron chi connectivity index (χ3n) is 4.45. The van der Waals surface area contributed by atoms with E-state index in [2.05, 4.69) is 5.32 Å². The van der Waals surface area contributed by atoms with E-state index >= 15 is 0 Å². The van der Waals surface area contributed by atoms with Crippen LogP contribution in [0.4, 0.5) is 4.79 Å². The van der Waals surface area contributed by atoms with Gasteiger partial charge in [0.2, 0.25) is 5.91 Å². The number of hydrogen-bond acceptors (Lipinski definition) is 5. The van der Waals surface area contributed by atoms with Crippen molar-refractivity contribution in [3.63, 3.8) is 0 Å². The molecular weight excluding hydrogens is 324 g/mol. The van der Waals surface area contributed by atoms with E-state index in [1.165, 1.54) is 7.11 Å². The number of carbonyl (C=O) groups excluding carboxylic acids is 2. The van der Waals surface area contributed by atoms with Crippen LogP contribution in [0, 0.1) is 5.92 Å². The van der Waals surface area contributed by atoms with Crippen LogP contribution in [0.1, 0.15) is 18.4 Å². The molecule has 2 rings (SSSR count). The van der Waals surface area contributed by atoms with Crippen molar-refractivity contribution in [2.45, 2.75) is 19.3 Å². The Labute approximate surface area is 148 Å². The van der Waals surface area contributed by atoms with E-state index in [-0.39, 0.29) is 12.0 Å². The van der Waals surface area contributed by atoms with Crippen molar-refractivity contribution in [3.05, 3.63) is 23.8 Å². The Balaban J connectivity index is 1.77. The third kappa shape index (κ3) is 5.27. The van der Waals surface area contributed by atoms with Crippen LogP contribution in [0.5, 0.6) is 11.5 Å². The van der Waals surface area contributed by atoms with E-state index in [0.717, 1.165) is 18.4 Å². The molecule has 0 spiro atoms. The maximum Gasteiger partial charge on any atom is 0.409 e. The Morgan fingerprint density at radius 2 is 1.80 bits per heavy atom. The number of amides is 2. The lowest BCUT2D eigenvalue weighted by Gasteiger charge is -2.30. The molecule has 1 heterocycles. The molecule has 7 nitrogen and oxygen atoms in total. The smallest absolute Gasteiger partial charge is 0.409 e. The zero-order chi connectivity index (χ0) is 18.2. The first-order chi connectivity index (χ1) is 12.1. The summed E-state index contributed by atoms with van der Waals surface area (Å²) in [5.74, 6) is 1.62. The summed E-state index contributed by atoms with van der Waals surface area (Å²) in [6, 6.07) is 5.47. The largest absolute Gasteiger partial charge is 0.493 e. The molecule has 0 radical (unpaired) electrons. The monoisotopic (exact) mass is 350 g/mol. The van der Waals surface area contributed by atoms with Crippen molar-refractivity contribution in [2.24, 2.45) is 5.92 Å². The number of hydrogen-bond donors (Lipinski definition) is 1. The molecule has 25 heavy (non-hydrogen) atoms. The molecule has 2 amide bonds. The molecular formula is C18H26N2O5. The Hall–Kier alpha value is -2.44. The molecule has 0 aromatic heterocycles. The van der Waals surface area contributed by atoms with Gasteiger partial charge >= 0.3 is 6.09 Å². The number of methoxy groups -OCH3 is 3. The highest BCUT2D eigenvalue weighted by Crippen LogP contribution is 2.27. The molecule has 1 saturated heterocycles. The van der Waals surface area contributed by atoms with Gasteiger partial charge in [-0.2, -0.15) is 0 Å². The molecule has 138 valence electrons. The molecule has 1 fully saturated rings. The Morgan fingerprint density at radius 1 is 1.12 bits per heavy atom. The number of carbonyl (C=O) groups is 2. The van der Waals surface area contributed by atoms with Crippen LogP contribution in [0.2, 0.25) is 0 Å². The number of piperidine rings is 1. The van der Waals surface area contributed by atoms with Crippen LogP contribution in [-0.4, -0.2) is 57.9 Å². The Morgan fingerprint density at radius 3 is 2.40 bits per heavy atom. The summed E-state index contributed by atoms with van der Waals surface area (Å²) >= 11 is 0. The van der Waals surface area contributed by atoms with Crippen LogP contribution >= 0.6 is 0 Å². The number of nitrogens with one attached hydrogen (secondary N) is 1. The quantitative estimate of drug-likeness (QED) is 0.847. The summed E-state index contributed by atoms with van der Waals surface area (Å²) in [4.78, 5) is 25.3. The van der Waals surface area contributed by atoms with Crippen molar-refractivity contribution >= 4 is 12.0 Å². The summed E-state index contributed by atoms with van der Waals surface area (Å²) in [6.45, 7) is 1.97. The van der Waals surface area contributed by atoms with Crippen molar-refractivity contribution in [1.82, 2.24) is 10.2 Å². The number of likely N-dealkylation sites (tertiary alicyclic amines) is 1. The number of rotatable bonds is 6. The van der Waals surface area contributed by atoms with Crippen molar-refractivity contribution in [1.29, 1.82) is 0 Å². The molecule has 1 aromatic rings. The summed E-state index contributed by atoms with van der Waals surface area (Å²) in [5.41, 5.74) is 0.871. The second-order valence-electron chi connectivity index (χ2n) is 6.07. The van der Waals surface area contributed by atoms with Gasteiger partial charge in [0.25, 0.3) is 0 Å². The van der Waals surface area contributed by atoms with E-state index in [9.17, 15) is 9.59 Å². The first-order valence-corrected chi connectivity index (χ1v) is 8.37. The van der Waals surface area contributed by atoms with Gasteiger partial charge in [0, 0.05) is 19.6 Å². The minimum atomic E-state index is -0.282. The van der Waals surface area contributed by atoms with Crippen LogP contribution in [0.15, 0.2) is 18.2 Å². The SMILES string of the molecule is COC(=O)N1CCC(CNC(=O)Cc2ccc(OC)c(OC)c2)CC1. The van der Waals surface area contributed by atoms with E-state index in [1.54, 1.807) is 25.2 Å². The van der Waals surface area contributed by atoms with Crippen molar-refractivity contribution in [2.75, 3.05) is 41.0 Å². The lowest BCUT2D eigenvalue weighted by molar-refractivity contribution is -0.120. The fourth-order valence-electron chi connectivity index (χ4n) is 2.95. The number of nitrogens with zero attached hydrogens (tertiary/aromatic N) is 1. The highest BCUT2D eigenvalue weighted by molar-refractivity contribution is 5.78. The maximum atomic E-state index is 12.2. The molecule has 1 aliphatic rings. The molecule has 1 aliphatic heterocycles. The second-order valence-corrected chi connectivity index (χ2v) is 6.07. The van der Waals surface area contributed by atoms with Gasteiger partial charge in [-0.15, -0.1) is 0 Å². The van der Waals surface area contributed by atoms with Gasteiger partial charge in [-0.1, -0.05) is 6.07 Å². The average Bonchev–Trinajstić information content (AvgIpc) is 2.66. The predicted molar refractivity (Wildman–Crippen MR) is 93.0 cm³/mol. The normalized spacial score (nSPS) is 14.8. The van der Waals surface area contributed by atoms with Gasteiger partial charge in [-0.05, 0) is 36.5 Å². The Kier molecular flexibility index (Phi) is 6.91. The average molecular weight is 350 g/mol.